The molecule has 0 aliphatic heterocycles. The summed E-state index contributed by atoms with van der Waals surface area (Å²) in [6.45, 7) is 5.19. The lowest BCUT2D eigenvalue weighted by molar-refractivity contribution is -0.141. The largest absolute Gasteiger partial charge is 0.480 e. The Kier molecular flexibility index (Phi) is 6.92. The first-order chi connectivity index (χ1) is 18.5. The smallest absolute Gasteiger partial charge is 0.435 e. The van der Waals surface area contributed by atoms with Gasteiger partial charge in [-0.1, -0.05) is 12.1 Å². The first-order valence-corrected chi connectivity index (χ1v) is 14.8. The molecule has 9 nitrogen and oxygen atoms in total. The molecule has 0 bridgehead atoms. The van der Waals surface area contributed by atoms with Gasteiger partial charge in [-0.2, -0.15) is 18.3 Å². The number of methoxy groups -OCH3 is 1. The van der Waals surface area contributed by atoms with E-state index in [-0.39, 0.29) is 0 Å². The van der Waals surface area contributed by atoms with Crippen LogP contribution < -0.4 is 15.4 Å². The number of nitrogens with one attached hydrogen (secondary N) is 1. The third-order valence-electron chi connectivity index (χ3n) is 6.39. The average molecular weight is 558 g/mol. The molecule has 1 saturated carbocycles. The maximum Gasteiger partial charge on any atom is 0.435 e. The van der Waals surface area contributed by atoms with Gasteiger partial charge in [0.05, 0.1) is 23.8 Å². The Morgan fingerprint density at radius 2 is 1.85 bits per heavy atom. The van der Waals surface area contributed by atoms with Gasteiger partial charge in [-0.05, 0) is 56.9 Å². The van der Waals surface area contributed by atoms with E-state index < -0.39 is 19.0 Å². The summed E-state index contributed by atoms with van der Waals surface area (Å²) in [4.78, 5) is 17.9. The van der Waals surface area contributed by atoms with Gasteiger partial charge in [0.2, 0.25) is 5.88 Å². The van der Waals surface area contributed by atoms with Gasteiger partial charge in [0.25, 0.3) is 0 Å². The summed E-state index contributed by atoms with van der Waals surface area (Å²) in [5, 5.41) is 7.46. The molecule has 1 N–H and O–H groups in total. The number of hydrogen-bond acceptors (Lipinski definition) is 8. The summed E-state index contributed by atoms with van der Waals surface area (Å²) in [5.74, 6) is 1.46. The minimum absolute atomic E-state index is 0.296. The Balaban J connectivity index is 1.43. The lowest BCUT2D eigenvalue weighted by atomic mass is 10.1. The van der Waals surface area contributed by atoms with E-state index in [1.165, 1.54) is 18.1 Å². The van der Waals surface area contributed by atoms with E-state index in [0.717, 1.165) is 30.2 Å². The Morgan fingerprint density at radius 1 is 1.13 bits per heavy atom. The Hall–Kier alpha value is -3.79. The standard InChI is InChI=1S/C26H27F3N7O2P/c1-15-11-20(26(27,28)29)35-36(15)18-9-5-16(6-10-18)12-30-23-19(39(3,4)37)13-31-24(34-23)21-22(17-7-8-17)32-14-33-25(21)38-2/h5-6,9-11,13-14,17H,7-8,12H2,1-4H3,(H,30,31,34). The van der Waals surface area contributed by atoms with Crippen molar-refractivity contribution < 1.29 is 22.5 Å². The molecule has 0 amide bonds. The molecule has 5 rings (SSSR count). The van der Waals surface area contributed by atoms with Gasteiger partial charge < -0.3 is 14.6 Å². The monoisotopic (exact) mass is 557 g/mol. The topological polar surface area (TPSA) is 108 Å². The van der Waals surface area contributed by atoms with Crippen LogP contribution in [0.4, 0.5) is 19.0 Å². The van der Waals surface area contributed by atoms with Crippen LogP contribution >= 0.6 is 7.14 Å². The van der Waals surface area contributed by atoms with E-state index in [1.807, 2.05) is 0 Å². The van der Waals surface area contributed by atoms with E-state index in [4.69, 9.17) is 9.72 Å². The van der Waals surface area contributed by atoms with Crippen molar-refractivity contribution in [2.75, 3.05) is 25.8 Å². The number of aryl methyl sites for hydroxylation is 1. The van der Waals surface area contributed by atoms with Crippen LogP contribution in [-0.4, -0.2) is 50.2 Å². The normalized spacial score (nSPS) is 13.9. The van der Waals surface area contributed by atoms with Crippen LogP contribution in [0.2, 0.25) is 0 Å². The van der Waals surface area contributed by atoms with Crippen LogP contribution in [0.15, 0.2) is 42.9 Å². The average Bonchev–Trinajstić information content (AvgIpc) is 3.66. The van der Waals surface area contributed by atoms with E-state index in [2.05, 4.69) is 25.4 Å². The quantitative estimate of drug-likeness (QED) is 0.295. The fraction of sp³-hybridized carbons (Fsp3) is 0.346. The summed E-state index contributed by atoms with van der Waals surface area (Å²) in [6, 6.07) is 7.98. The molecular weight excluding hydrogens is 530 g/mol. The molecule has 3 aromatic heterocycles. The maximum absolute atomic E-state index is 13.1. The third kappa shape index (κ3) is 5.66. The number of hydrogen-bond donors (Lipinski definition) is 1. The highest BCUT2D eigenvalue weighted by molar-refractivity contribution is 7.70. The highest BCUT2D eigenvalue weighted by Crippen LogP contribution is 2.45. The predicted octanol–water partition coefficient (Wildman–Crippen LogP) is 5.19. The molecule has 0 saturated heterocycles. The molecule has 4 aromatic rings. The molecule has 1 aliphatic carbocycles. The second-order valence-corrected chi connectivity index (χ2v) is 13.0. The lowest BCUT2D eigenvalue weighted by Crippen LogP contribution is -2.17. The first-order valence-electron chi connectivity index (χ1n) is 12.2. The molecular formula is C26H27F3N7O2P. The second kappa shape index (κ2) is 10.1. The van der Waals surface area contributed by atoms with Crippen molar-refractivity contribution in [3.63, 3.8) is 0 Å². The molecule has 204 valence electrons. The van der Waals surface area contributed by atoms with Gasteiger partial charge in [-0.3, -0.25) is 0 Å². The highest BCUT2D eigenvalue weighted by atomic mass is 31.2. The lowest BCUT2D eigenvalue weighted by Gasteiger charge is -2.17. The molecule has 0 unspecified atom stereocenters. The SMILES string of the molecule is COc1ncnc(C2CC2)c1-c1ncc(P(C)(C)=O)c(NCc2ccc(-n3nc(C(F)(F)F)cc3C)cc2)n1. The van der Waals surface area contributed by atoms with Crippen molar-refractivity contribution in [2.45, 2.75) is 38.4 Å². The zero-order valence-corrected chi connectivity index (χ0v) is 22.7. The van der Waals surface area contributed by atoms with Gasteiger partial charge >= 0.3 is 6.18 Å². The van der Waals surface area contributed by atoms with Crippen LogP contribution in [0.1, 0.15) is 41.4 Å². The fourth-order valence-electron chi connectivity index (χ4n) is 4.25. The predicted molar refractivity (Wildman–Crippen MR) is 141 cm³/mol. The zero-order valence-electron chi connectivity index (χ0n) is 21.8. The zero-order chi connectivity index (χ0) is 27.9. The molecule has 1 aliphatic rings. The van der Waals surface area contributed by atoms with Crippen molar-refractivity contribution in [1.82, 2.24) is 29.7 Å². The first kappa shape index (κ1) is 26.8. The summed E-state index contributed by atoms with van der Waals surface area (Å²) >= 11 is 0. The van der Waals surface area contributed by atoms with E-state index in [0.29, 0.717) is 52.2 Å². The number of halogens is 3. The summed E-state index contributed by atoms with van der Waals surface area (Å²) in [7, 11) is -1.22. The molecule has 3 heterocycles. The van der Waals surface area contributed by atoms with Crippen molar-refractivity contribution in [1.29, 1.82) is 0 Å². The van der Waals surface area contributed by atoms with Crippen LogP contribution in [0.25, 0.3) is 17.1 Å². The van der Waals surface area contributed by atoms with Crippen molar-refractivity contribution >= 4 is 18.3 Å². The summed E-state index contributed by atoms with van der Waals surface area (Å²) in [6.07, 6.45) is 0.550. The van der Waals surface area contributed by atoms with Crippen molar-refractivity contribution in [2.24, 2.45) is 0 Å². The number of anilines is 1. The minimum atomic E-state index is -4.51. The molecule has 39 heavy (non-hydrogen) atoms. The molecule has 0 atom stereocenters. The van der Waals surface area contributed by atoms with Gasteiger partial charge in [-0.15, -0.1) is 0 Å². The summed E-state index contributed by atoms with van der Waals surface area (Å²) < 4.78 is 59.0. The highest BCUT2D eigenvalue weighted by Gasteiger charge is 2.35. The third-order valence-corrected chi connectivity index (χ3v) is 7.88. The Bertz CT molecular complexity index is 1560. The number of benzene rings is 1. The molecule has 0 spiro atoms. The summed E-state index contributed by atoms with van der Waals surface area (Å²) in [5.41, 5.74) is 2.23. The van der Waals surface area contributed by atoms with E-state index in [9.17, 15) is 17.7 Å². The van der Waals surface area contributed by atoms with Crippen LogP contribution in [0, 0.1) is 6.92 Å². The van der Waals surface area contributed by atoms with Crippen molar-refractivity contribution in [3.05, 3.63) is 65.5 Å². The maximum atomic E-state index is 13.1. The number of aromatic nitrogens is 6. The second-order valence-electron chi connectivity index (χ2n) is 9.80. The number of nitrogens with zero attached hydrogens (tertiary/aromatic N) is 6. The van der Waals surface area contributed by atoms with Crippen LogP contribution in [0.3, 0.4) is 0 Å². The number of alkyl halides is 3. The molecule has 0 radical (unpaired) electrons. The van der Waals surface area contributed by atoms with Crippen LogP contribution in [-0.2, 0) is 17.3 Å². The van der Waals surface area contributed by atoms with E-state index >= 15 is 0 Å². The molecule has 13 heteroatoms. The number of ether oxygens (including phenoxy) is 1. The van der Waals surface area contributed by atoms with Crippen LogP contribution in [0.5, 0.6) is 5.88 Å². The van der Waals surface area contributed by atoms with Gasteiger partial charge in [-0.25, -0.2) is 24.6 Å². The number of rotatable bonds is 8. The molecule has 1 aromatic carbocycles. The van der Waals surface area contributed by atoms with Gasteiger partial charge in [0.15, 0.2) is 11.5 Å². The van der Waals surface area contributed by atoms with Gasteiger partial charge in [0.1, 0.15) is 24.9 Å². The van der Waals surface area contributed by atoms with Gasteiger partial charge in [0, 0.05) is 24.4 Å². The Labute approximate surface area is 223 Å². The Morgan fingerprint density at radius 3 is 2.44 bits per heavy atom. The van der Waals surface area contributed by atoms with E-state index in [1.54, 1.807) is 50.7 Å². The minimum Gasteiger partial charge on any atom is -0.480 e. The molecule has 1 fully saturated rings. The van der Waals surface area contributed by atoms with Crippen molar-refractivity contribution in [3.8, 4) is 23.0 Å². The fourth-order valence-corrected chi connectivity index (χ4v) is 5.22.